The number of carbonyl (C=O) groups excluding carboxylic acids is 1. The van der Waals surface area contributed by atoms with Crippen LogP contribution in [0.4, 0.5) is 5.82 Å². The lowest BCUT2D eigenvalue weighted by Crippen LogP contribution is -2.49. The molecule has 23 heavy (non-hydrogen) atoms. The molecule has 0 bridgehead atoms. The highest BCUT2D eigenvalue weighted by molar-refractivity contribution is 7.99. The fourth-order valence-corrected chi connectivity index (χ4v) is 4.26. The van der Waals surface area contributed by atoms with E-state index in [1.165, 1.54) is 23.1 Å². The summed E-state index contributed by atoms with van der Waals surface area (Å²) in [5.74, 6) is 0.451. The van der Waals surface area contributed by atoms with Crippen LogP contribution in [0, 0.1) is 11.3 Å². The van der Waals surface area contributed by atoms with E-state index >= 15 is 0 Å². The molecular weight excluding hydrogens is 330 g/mol. The minimum atomic E-state index is -0.701. The second-order valence-corrected chi connectivity index (χ2v) is 7.46. The number of nitrogens with zero attached hydrogens (tertiary/aromatic N) is 3. The van der Waals surface area contributed by atoms with Gasteiger partial charge in [0.15, 0.2) is 5.16 Å². The van der Waals surface area contributed by atoms with Crippen molar-refractivity contribution in [1.29, 1.82) is 5.26 Å². The van der Waals surface area contributed by atoms with Gasteiger partial charge in [0.25, 0.3) is 0 Å². The molecule has 2 aromatic heterocycles. The standard InChI is InChI=1S/C15H17N5OS2/c16-9-15(5-2-1-3-6-15)20-11(21)8-23-14-18-12(17)10-4-7-22-13(10)19-14/h4,7H,1-3,5-6,8H2,(H,20,21)(H2,17,18,19). The molecule has 0 aliphatic heterocycles. The Bertz CT molecular complexity index is 761. The summed E-state index contributed by atoms with van der Waals surface area (Å²) in [5, 5.41) is 15.5. The van der Waals surface area contributed by atoms with Gasteiger partial charge in [0.2, 0.25) is 5.91 Å². The maximum atomic E-state index is 12.2. The van der Waals surface area contributed by atoms with Crippen LogP contribution in [0.2, 0.25) is 0 Å². The van der Waals surface area contributed by atoms with Gasteiger partial charge in [-0.3, -0.25) is 4.79 Å². The molecular formula is C15H17N5OS2. The highest BCUT2D eigenvalue weighted by Gasteiger charge is 2.33. The van der Waals surface area contributed by atoms with Crippen LogP contribution in [-0.2, 0) is 4.79 Å². The largest absolute Gasteiger partial charge is 0.383 e. The molecule has 1 aliphatic carbocycles. The molecule has 1 fully saturated rings. The summed E-state index contributed by atoms with van der Waals surface area (Å²) in [4.78, 5) is 21.6. The van der Waals surface area contributed by atoms with E-state index in [0.29, 0.717) is 11.0 Å². The molecule has 8 heteroatoms. The van der Waals surface area contributed by atoms with Crippen LogP contribution in [0.3, 0.4) is 0 Å². The summed E-state index contributed by atoms with van der Waals surface area (Å²) in [6.45, 7) is 0. The molecule has 1 aliphatic rings. The first-order valence-corrected chi connectivity index (χ1v) is 9.34. The van der Waals surface area contributed by atoms with Crippen LogP contribution in [0.25, 0.3) is 10.2 Å². The smallest absolute Gasteiger partial charge is 0.231 e. The Balaban J connectivity index is 1.62. The number of thioether (sulfide) groups is 1. The topological polar surface area (TPSA) is 105 Å². The Kier molecular flexibility index (Phi) is 4.68. The van der Waals surface area contributed by atoms with Gasteiger partial charge in [-0.2, -0.15) is 5.26 Å². The number of carbonyl (C=O) groups is 1. The number of anilines is 1. The average Bonchev–Trinajstić information content (AvgIpc) is 3.03. The molecule has 2 aromatic rings. The van der Waals surface area contributed by atoms with Gasteiger partial charge in [-0.05, 0) is 24.3 Å². The molecule has 1 amide bonds. The molecule has 3 rings (SSSR count). The normalized spacial score (nSPS) is 16.8. The van der Waals surface area contributed by atoms with Crippen LogP contribution in [0.1, 0.15) is 32.1 Å². The maximum Gasteiger partial charge on any atom is 0.231 e. The number of nitrogen functional groups attached to an aromatic ring is 1. The van der Waals surface area contributed by atoms with Crippen molar-refractivity contribution in [3.8, 4) is 6.07 Å². The predicted molar refractivity (Wildman–Crippen MR) is 92.1 cm³/mol. The number of aromatic nitrogens is 2. The molecule has 0 saturated heterocycles. The molecule has 2 heterocycles. The molecule has 0 radical (unpaired) electrons. The number of fused-ring (bicyclic) bond motifs is 1. The zero-order valence-electron chi connectivity index (χ0n) is 12.5. The van der Waals surface area contributed by atoms with Crippen molar-refractivity contribution in [2.75, 3.05) is 11.5 Å². The third-order valence-electron chi connectivity index (χ3n) is 3.97. The summed E-state index contributed by atoms with van der Waals surface area (Å²) in [7, 11) is 0. The summed E-state index contributed by atoms with van der Waals surface area (Å²) in [6, 6.07) is 4.17. The summed E-state index contributed by atoms with van der Waals surface area (Å²) >= 11 is 2.74. The zero-order chi connectivity index (χ0) is 16.3. The van der Waals surface area contributed by atoms with Gasteiger partial charge in [-0.25, -0.2) is 9.97 Å². The van der Waals surface area contributed by atoms with Crippen molar-refractivity contribution < 1.29 is 4.79 Å². The van der Waals surface area contributed by atoms with E-state index in [2.05, 4.69) is 21.4 Å². The van der Waals surface area contributed by atoms with E-state index in [1.54, 1.807) is 0 Å². The van der Waals surface area contributed by atoms with Crippen LogP contribution in [-0.4, -0.2) is 27.2 Å². The van der Waals surface area contributed by atoms with Gasteiger partial charge in [-0.15, -0.1) is 11.3 Å². The van der Waals surface area contributed by atoms with Crippen LogP contribution < -0.4 is 11.1 Å². The number of thiophene rings is 1. The Labute approximate surface area is 142 Å². The van der Waals surface area contributed by atoms with Crippen LogP contribution in [0.15, 0.2) is 16.6 Å². The first-order valence-electron chi connectivity index (χ1n) is 7.48. The van der Waals surface area contributed by atoms with Crippen molar-refractivity contribution in [2.24, 2.45) is 0 Å². The number of rotatable bonds is 4. The highest BCUT2D eigenvalue weighted by atomic mass is 32.2. The van der Waals surface area contributed by atoms with E-state index in [1.807, 2.05) is 11.4 Å². The Hall–Kier alpha value is -1.85. The second kappa shape index (κ2) is 6.72. The molecule has 3 N–H and O–H groups in total. The lowest BCUT2D eigenvalue weighted by atomic mass is 9.83. The van der Waals surface area contributed by atoms with Crippen molar-refractivity contribution >= 4 is 45.0 Å². The Morgan fingerprint density at radius 3 is 2.96 bits per heavy atom. The lowest BCUT2D eigenvalue weighted by molar-refractivity contribution is -0.120. The molecule has 120 valence electrons. The fraction of sp³-hybridized carbons (Fsp3) is 0.467. The first-order chi connectivity index (χ1) is 11.1. The van der Waals surface area contributed by atoms with Gasteiger partial charge in [-0.1, -0.05) is 31.0 Å². The van der Waals surface area contributed by atoms with E-state index in [0.717, 1.165) is 42.3 Å². The fourth-order valence-electron chi connectivity index (χ4n) is 2.78. The monoisotopic (exact) mass is 347 g/mol. The van der Waals surface area contributed by atoms with E-state index in [4.69, 9.17) is 5.73 Å². The summed E-state index contributed by atoms with van der Waals surface area (Å²) in [5.41, 5.74) is 5.20. The zero-order valence-corrected chi connectivity index (χ0v) is 14.2. The Morgan fingerprint density at radius 1 is 1.43 bits per heavy atom. The number of nitrogens with two attached hydrogens (primary N) is 1. The van der Waals surface area contributed by atoms with Gasteiger partial charge in [0, 0.05) is 0 Å². The predicted octanol–water partition coefficient (Wildman–Crippen LogP) is 2.71. The SMILES string of the molecule is N#CC1(NC(=O)CSc2nc(N)c3ccsc3n2)CCCCC1. The quantitative estimate of drug-likeness (QED) is 0.651. The molecule has 1 saturated carbocycles. The maximum absolute atomic E-state index is 12.2. The van der Waals surface area contributed by atoms with Crippen molar-refractivity contribution in [1.82, 2.24) is 15.3 Å². The summed E-state index contributed by atoms with van der Waals surface area (Å²) in [6.07, 6.45) is 4.54. The highest BCUT2D eigenvalue weighted by Crippen LogP contribution is 2.28. The van der Waals surface area contributed by atoms with E-state index in [9.17, 15) is 10.1 Å². The molecule has 0 atom stereocenters. The van der Waals surface area contributed by atoms with Crippen LogP contribution >= 0.6 is 23.1 Å². The number of nitriles is 1. The third-order valence-corrected chi connectivity index (χ3v) is 5.62. The lowest BCUT2D eigenvalue weighted by Gasteiger charge is -2.31. The second-order valence-electron chi connectivity index (χ2n) is 5.62. The number of hydrogen-bond acceptors (Lipinski definition) is 7. The van der Waals surface area contributed by atoms with E-state index < -0.39 is 5.54 Å². The minimum absolute atomic E-state index is 0.160. The molecule has 6 nitrogen and oxygen atoms in total. The third kappa shape index (κ3) is 3.57. The molecule has 0 unspecified atom stereocenters. The number of nitrogens with one attached hydrogen (secondary N) is 1. The van der Waals surface area contributed by atoms with Crippen molar-refractivity contribution in [3.63, 3.8) is 0 Å². The van der Waals surface area contributed by atoms with Gasteiger partial charge in [0.1, 0.15) is 16.2 Å². The molecule has 0 spiro atoms. The van der Waals surface area contributed by atoms with Gasteiger partial charge >= 0.3 is 0 Å². The van der Waals surface area contributed by atoms with Crippen molar-refractivity contribution in [3.05, 3.63) is 11.4 Å². The van der Waals surface area contributed by atoms with E-state index in [-0.39, 0.29) is 11.7 Å². The number of hydrogen-bond donors (Lipinski definition) is 2. The minimum Gasteiger partial charge on any atom is -0.383 e. The number of amides is 1. The van der Waals surface area contributed by atoms with Crippen molar-refractivity contribution in [2.45, 2.75) is 42.8 Å². The summed E-state index contributed by atoms with van der Waals surface area (Å²) < 4.78 is 0. The van der Waals surface area contributed by atoms with Gasteiger partial charge in [0.05, 0.1) is 17.2 Å². The van der Waals surface area contributed by atoms with Gasteiger partial charge < -0.3 is 11.1 Å². The molecule has 0 aromatic carbocycles. The average molecular weight is 347 g/mol. The Morgan fingerprint density at radius 2 is 2.22 bits per heavy atom. The van der Waals surface area contributed by atoms with Crippen LogP contribution in [0.5, 0.6) is 0 Å². The first kappa shape index (κ1) is 16.0.